The Morgan fingerprint density at radius 2 is 1.91 bits per heavy atom. The van der Waals surface area contributed by atoms with Crippen LogP contribution in [0.1, 0.15) is 26.2 Å². The van der Waals surface area contributed by atoms with E-state index in [9.17, 15) is 4.79 Å². The zero-order valence-corrected chi connectivity index (χ0v) is 23.0. The van der Waals surface area contributed by atoms with E-state index in [1.165, 1.54) is 0 Å². The lowest BCUT2D eigenvalue weighted by molar-refractivity contribution is -0.133. The molecule has 0 bridgehead atoms. The van der Waals surface area contributed by atoms with Gasteiger partial charge in [-0.25, -0.2) is 0 Å². The molecule has 0 aliphatic carbocycles. The van der Waals surface area contributed by atoms with Gasteiger partial charge in [0.05, 0.1) is 18.8 Å². The summed E-state index contributed by atoms with van der Waals surface area (Å²) in [7, 11) is 5.42. The molecule has 2 heterocycles. The highest BCUT2D eigenvalue weighted by molar-refractivity contribution is 14.0. The van der Waals surface area contributed by atoms with Crippen LogP contribution in [-0.2, 0) is 4.79 Å². The highest BCUT2D eigenvalue weighted by Gasteiger charge is 2.31. The molecule has 1 aromatic rings. The first kappa shape index (κ1) is 27.5. The molecular weight excluding hydrogens is 531 g/mol. The smallest absolute Gasteiger partial charge is 0.239 e. The Morgan fingerprint density at radius 3 is 2.58 bits per heavy atom. The number of nitrogens with one attached hydrogen (secondary N) is 1. The van der Waals surface area contributed by atoms with Gasteiger partial charge in [0.2, 0.25) is 5.91 Å². The highest BCUT2D eigenvalue weighted by atomic mass is 127. The summed E-state index contributed by atoms with van der Waals surface area (Å²) in [6, 6.07) is 8.26. The number of benzene rings is 1. The van der Waals surface area contributed by atoms with E-state index < -0.39 is 0 Å². The van der Waals surface area contributed by atoms with Crippen LogP contribution < -0.4 is 15.0 Å². The summed E-state index contributed by atoms with van der Waals surface area (Å²) in [5, 5.41) is 3.46. The van der Waals surface area contributed by atoms with E-state index in [0.29, 0.717) is 0 Å². The number of piperazine rings is 1. The van der Waals surface area contributed by atoms with Crippen molar-refractivity contribution >= 4 is 41.5 Å². The molecule has 1 atom stereocenters. The minimum Gasteiger partial charge on any atom is -0.495 e. The molecule has 9 heteroatoms. The molecule has 8 nitrogen and oxygen atoms in total. The van der Waals surface area contributed by atoms with Crippen molar-refractivity contribution < 1.29 is 9.53 Å². The average molecular weight is 573 g/mol. The molecule has 1 N–H and O–H groups in total. The fourth-order valence-corrected chi connectivity index (χ4v) is 4.61. The van der Waals surface area contributed by atoms with Crippen molar-refractivity contribution in [2.24, 2.45) is 4.99 Å². The van der Waals surface area contributed by atoms with E-state index in [-0.39, 0.29) is 35.9 Å². The SMILES string of the molecule is CCNC(=NCCCN1CCCC1C(=O)N(C)C)N1CCN(c2ccccc2OC)CC1.I. The fourth-order valence-electron chi connectivity index (χ4n) is 4.61. The third-order valence-corrected chi connectivity index (χ3v) is 6.29. The Morgan fingerprint density at radius 1 is 1.18 bits per heavy atom. The number of hydrogen-bond acceptors (Lipinski definition) is 5. The van der Waals surface area contributed by atoms with E-state index in [1.807, 2.05) is 26.2 Å². The van der Waals surface area contributed by atoms with Gasteiger partial charge in [-0.2, -0.15) is 0 Å². The second-order valence-corrected chi connectivity index (χ2v) is 8.66. The third-order valence-electron chi connectivity index (χ3n) is 6.29. The van der Waals surface area contributed by atoms with Gasteiger partial charge < -0.3 is 24.8 Å². The van der Waals surface area contributed by atoms with Gasteiger partial charge in [0.1, 0.15) is 5.75 Å². The highest BCUT2D eigenvalue weighted by Crippen LogP contribution is 2.28. The Kier molecular flexibility index (Phi) is 11.5. The molecule has 3 rings (SSSR count). The summed E-state index contributed by atoms with van der Waals surface area (Å²) in [4.78, 5) is 26.1. The molecule has 0 aromatic heterocycles. The molecule has 2 aliphatic rings. The number of carbonyl (C=O) groups is 1. The van der Waals surface area contributed by atoms with Crippen molar-refractivity contribution in [1.82, 2.24) is 20.0 Å². The molecule has 0 spiro atoms. The number of halogens is 1. The predicted octanol–water partition coefficient (Wildman–Crippen LogP) is 2.34. The topological polar surface area (TPSA) is 63.7 Å². The third kappa shape index (κ3) is 7.37. The zero-order chi connectivity index (χ0) is 22.9. The number of hydrogen-bond donors (Lipinski definition) is 1. The molecule has 2 saturated heterocycles. The lowest BCUT2D eigenvalue weighted by atomic mass is 10.2. The Bertz CT molecular complexity index is 767. The number of rotatable bonds is 8. The summed E-state index contributed by atoms with van der Waals surface area (Å²) >= 11 is 0. The predicted molar refractivity (Wildman–Crippen MR) is 146 cm³/mol. The number of amides is 1. The maximum atomic E-state index is 12.4. The van der Waals surface area contributed by atoms with Crippen molar-refractivity contribution in [2.75, 3.05) is 78.5 Å². The fraction of sp³-hybridized carbons (Fsp3) is 0.667. The maximum Gasteiger partial charge on any atom is 0.239 e. The van der Waals surface area contributed by atoms with Gasteiger partial charge in [-0.3, -0.25) is 14.7 Å². The number of guanidine groups is 1. The number of methoxy groups -OCH3 is 1. The van der Waals surface area contributed by atoms with Crippen molar-refractivity contribution in [2.45, 2.75) is 32.2 Å². The van der Waals surface area contributed by atoms with Gasteiger partial charge in [-0.15, -0.1) is 24.0 Å². The van der Waals surface area contributed by atoms with Crippen LogP contribution in [0.5, 0.6) is 5.75 Å². The summed E-state index contributed by atoms with van der Waals surface area (Å²) in [6.07, 6.45) is 3.04. The van der Waals surface area contributed by atoms with Gasteiger partial charge in [0.25, 0.3) is 0 Å². The van der Waals surface area contributed by atoms with Crippen LogP contribution in [-0.4, -0.2) is 106 Å². The molecular formula is C24H41IN6O2. The van der Waals surface area contributed by atoms with Crippen LogP contribution >= 0.6 is 24.0 Å². The number of anilines is 1. The molecule has 2 fully saturated rings. The van der Waals surface area contributed by atoms with Crippen LogP contribution in [0.15, 0.2) is 29.3 Å². The van der Waals surface area contributed by atoms with Crippen molar-refractivity contribution in [3.8, 4) is 5.75 Å². The minimum absolute atomic E-state index is 0. The van der Waals surface area contributed by atoms with Crippen LogP contribution in [0, 0.1) is 0 Å². The summed E-state index contributed by atoms with van der Waals surface area (Å²) in [5.41, 5.74) is 1.16. The number of nitrogens with zero attached hydrogens (tertiary/aromatic N) is 5. The molecule has 0 saturated carbocycles. The summed E-state index contributed by atoms with van der Waals surface area (Å²) in [6.45, 7) is 9.41. The first-order chi connectivity index (χ1) is 15.5. The van der Waals surface area contributed by atoms with Crippen LogP contribution in [0.2, 0.25) is 0 Å². The Balaban J connectivity index is 0.00000385. The van der Waals surface area contributed by atoms with Crippen LogP contribution in [0.4, 0.5) is 5.69 Å². The lowest BCUT2D eigenvalue weighted by Crippen LogP contribution is -2.52. The van der Waals surface area contributed by atoms with E-state index in [4.69, 9.17) is 9.73 Å². The lowest BCUT2D eigenvalue weighted by Gasteiger charge is -2.38. The maximum absolute atomic E-state index is 12.4. The molecule has 0 radical (unpaired) electrons. The van der Waals surface area contributed by atoms with Gasteiger partial charge in [0.15, 0.2) is 5.96 Å². The van der Waals surface area contributed by atoms with E-state index >= 15 is 0 Å². The molecule has 1 unspecified atom stereocenters. The molecule has 1 amide bonds. The second kappa shape index (κ2) is 13.8. The van der Waals surface area contributed by atoms with Gasteiger partial charge in [0, 0.05) is 59.9 Å². The second-order valence-electron chi connectivity index (χ2n) is 8.66. The van der Waals surface area contributed by atoms with Gasteiger partial charge in [-0.1, -0.05) is 12.1 Å². The van der Waals surface area contributed by atoms with E-state index in [1.54, 1.807) is 12.0 Å². The number of likely N-dealkylation sites (tertiary alicyclic amines) is 1. The Hall–Kier alpha value is -1.75. The monoisotopic (exact) mass is 572 g/mol. The van der Waals surface area contributed by atoms with E-state index in [2.05, 4.69) is 39.1 Å². The number of carbonyl (C=O) groups excluding carboxylic acids is 1. The number of likely N-dealkylation sites (N-methyl/N-ethyl adjacent to an activating group) is 1. The van der Waals surface area contributed by atoms with Crippen molar-refractivity contribution in [3.05, 3.63) is 24.3 Å². The number of para-hydroxylation sites is 2. The van der Waals surface area contributed by atoms with Crippen LogP contribution in [0.25, 0.3) is 0 Å². The minimum atomic E-state index is 0. The molecule has 33 heavy (non-hydrogen) atoms. The quantitative estimate of drug-likeness (QED) is 0.224. The molecule has 1 aromatic carbocycles. The standard InChI is InChI=1S/C24H40N6O2.HI/c1-5-25-24(26-13-9-15-28-14-8-11-21(28)23(31)27(2)3)30-18-16-29(17-19-30)20-10-6-7-12-22(20)32-4;/h6-7,10,12,21H,5,8-9,11,13-19H2,1-4H3,(H,25,26);1H. The molecule has 2 aliphatic heterocycles. The molecule has 186 valence electrons. The van der Waals surface area contributed by atoms with Crippen LogP contribution in [0.3, 0.4) is 0 Å². The largest absolute Gasteiger partial charge is 0.495 e. The first-order valence-corrected chi connectivity index (χ1v) is 11.9. The summed E-state index contributed by atoms with van der Waals surface area (Å²) < 4.78 is 5.54. The summed E-state index contributed by atoms with van der Waals surface area (Å²) in [5.74, 6) is 2.15. The van der Waals surface area contributed by atoms with Gasteiger partial charge in [-0.05, 0) is 44.9 Å². The zero-order valence-electron chi connectivity index (χ0n) is 20.6. The van der Waals surface area contributed by atoms with Crippen molar-refractivity contribution in [1.29, 1.82) is 0 Å². The number of ether oxygens (including phenoxy) is 1. The average Bonchev–Trinajstić information content (AvgIpc) is 3.29. The van der Waals surface area contributed by atoms with Crippen molar-refractivity contribution in [3.63, 3.8) is 0 Å². The van der Waals surface area contributed by atoms with E-state index in [0.717, 1.165) is 89.0 Å². The normalized spacial score (nSPS) is 19.3. The first-order valence-electron chi connectivity index (χ1n) is 11.9. The van der Waals surface area contributed by atoms with Gasteiger partial charge >= 0.3 is 0 Å². The number of aliphatic imine (C=N–C) groups is 1. The Labute approximate surface area is 216 Å².